The summed E-state index contributed by atoms with van der Waals surface area (Å²) in [6, 6.07) is 12.4. The first-order chi connectivity index (χ1) is 13.5. The molecule has 2 N–H and O–H groups in total. The summed E-state index contributed by atoms with van der Waals surface area (Å²) in [6.07, 6.45) is 3.45. The minimum Gasteiger partial charge on any atom is -0.357 e. The first-order valence-corrected chi connectivity index (χ1v) is 11.0. The van der Waals surface area contributed by atoms with E-state index in [0.717, 1.165) is 32.0 Å². The predicted molar refractivity (Wildman–Crippen MR) is 136 cm³/mol. The molecule has 1 aromatic carbocycles. The highest BCUT2D eigenvalue weighted by Gasteiger charge is 2.21. The van der Waals surface area contributed by atoms with Crippen LogP contribution in [0.25, 0.3) is 0 Å². The molecule has 1 aliphatic rings. The van der Waals surface area contributed by atoms with Crippen LogP contribution in [0.2, 0.25) is 0 Å². The fourth-order valence-corrected chi connectivity index (χ4v) is 3.68. The fourth-order valence-electron chi connectivity index (χ4n) is 3.68. The highest BCUT2D eigenvalue weighted by atomic mass is 127. The standard InChI is InChI=1S/C23H41N5.HI/c1-6-24-23(26-22-13-16-28(17-14-22)19(2)3)25-15-12-20(4)27(5)18-21-10-8-7-9-11-21;/h7-11,19-20,22H,6,12-18H2,1-5H3,(H2,24,25,26);1H. The summed E-state index contributed by atoms with van der Waals surface area (Å²) in [7, 11) is 2.20. The monoisotopic (exact) mass is 515 g/mol. The fraction of sp³-hybridized carbons (Fsp3) is 0.696. The van der Waals surface area contributed by atoms with Crippen LogP contribution in [0.15, 0.2) is 35.3 Å². The number of nitrogens with zero attached hydrogens (tertiary/aromatic N) is 3. The molecule has 6 heteroatoms. The Labute approximate surface area is 195 Å². The molecule has 1 aliphatic heterocycles. The Morgan fingerprint density at radius 3 is 2.41 bits per heavy atom. The Kier molecular flexibility index (Phi) is 12.8. The lowest BCUT2D eigenvalue weighted by Crippen LogP contribution is -2.49. The van der Waals surface area contributed by atoms with Gasteiger partial charge < -0.3 is 15.5 Å². The quantitative estimate of drug-likeness (QED) is 0.297. The lowest BCUT2D eigenvalue weighted by molar-refractivity contribution is 0.167. The third kappa shape index (κ3) is 9.66. The van der Waals surface area contributed by atoms with E-state index in [-0.39, 0.29) is 24.0 Å². The number of guanidine groups is 1. The van der Waals surface area contributed by atoms with Crippen LogP contribution in [0.5, 0.6) is 0 Å². The first-order valence-electron chi connectivity index (χ1n) is 11.0. The molecule has 0 radical (unpaired) electrons. The smallest absolute Gasteiger partial charge is 0.191 e. The van der Waals surface area contributed by atoms with Gasteiger partial charge in [0.15, 0.2) is 5.96 Å². The third-order valence-electron chi connectivity index (χ3n) is 5.79. The van der Waals surface area contributed by atoms with Crippen molar-refractivity contribution in [2.45, 2.75) is 71.6 Å². The number of hydrogen-bond donors (Lipinski definition) is 2. The van der Waals surface area contributed by atoms with Crippen molar-refractivity contribution in [3.63, 3.8) is 0 Å². The van der Waals surface area contributed by atoms with Gasteiger partial charge in [-0.1, -0.05) is 30.3 Å². The van der Waals surface area contributed by atoms with Crippen LogP contribution < -0.4 is 10.6 Å². The summed E-state index contributed by atoms with van der Waals surface area (Å²) in [5, 5.41) is 7.08. The van der Waals surface area contributed by atoms with Crippen molar-refractivity contribution in [1.29, 1.82) is 0 Å². The van der Waals surface area contributed by atoms with E-state index in [4.69, 9.17) is 4.99 Å². The van der Waals surface area contributed by atoms with Crippen LogP contribution in [-0.4, -0.2) is 67.1 Å². The number of likely N-dealkylation sites (tertiary alicyclic amines) is 1. The van der Waals surface area contributed by atoms with E-state index in [9.17, 15) is 0 Å². The van der Waals surface area contributed by atoms with E-state index in [1.54, 1.807) is 0 Å². The molecule has 0 spiro atoms. The molecule has 1 fully saturated rings. The number of benzene rings is 1. The molecule has 0 saturated carbocycles. The summed E-state index contributed by atoms with van der Waals surface area (Å²) < 4.78 is 0. The molecule has 1 heterocycles. The van der Waals surface area contributed by atoms with E-state index in [1.807, 2.05) is 0 Å². The second-order valence-electron chi connectivity index (χ2n) is 8.35. The van der Waals surface area contributed by atoms with E-state index >= 15 is 0 Å². The van der Waals surface area contributed by atoms with Crippen LogP contribution in [0.3, 0.4) is 0 Å². The minimum absolute atomic E-state index is 0. The van der Waals surface area contributed by atoms with Crippen molar-refractivity contribution in [2.24, 2.45) is 4.99 Å². The van der Waals surface area contributed by atoms with E-state index in [0.29, 0.717) is 18.1 Å². The predicted octanol–water partition coefficient (Wildman–Crippen LogP) is 3.94. The van der Waals surface area contributed by atoms with E-state index in [1.165, 1.54) is 31.5 Å². The van der Waals surface area contributed by atoms with Crippen molar-refractivity contribution in [3.8, 4) is 0 Å². The van der Waals surface area contributed by atoms with Gasteiger partial charge in [0.1, 0.15) is 0 Å². The van der Waals surface area contributed by atoms with Gasteiger partial charge in [0.2, 0.25) is 0 Å². The van der Waals surface area contributed by atoms with Gasteiger partial charge in [-0.25, -0.2) is 0 Å². The molecule has 1 saturated heterocycles. The average molecular weight is 516 g/mol. The number of hydrogen-bond acceptors (Lipinski definition) is 3. The van der Waals surface area contributed by atoms with Gasteiger partial charge in [0.25, 0.3) is 0 Å². The van der Waals surface area contributed by atoms with E-state index < -0.39 is 0 Å². The van der Waals surface area contributed by atoms with Crippen molar-refractivity contribution < 1.29 is 0 Å². The molecule has 2 rings (SSSR count). The number of rotatable bonds is 9. The van der Waals surface area contributed by atoms with Crippen LogP contribution in [0.1, 0.15) is 52.5 Å². The van der Waals surface area contributed by atoms with Crippen molar-refractivity contribution in [3.05, 3.63) is 35.9 Å². The SMILES string of the molecule is CCNC(=NCCC(C)N(C)Cc1ccccc1)NC1CCN(C(C)C)CC1.I. The van der Waals surface area contributed by atoms with Gasteiger partial charge in [-0.05, 0) is 59.6 Å². The normalized spacial score (nSPS) is 17.3. The Morgan fingerprint density at radius 1 is 1.17 bits per heavy atom. The van der Waals surface area contributed by atoms with Crippen LogP contribution >= 0.6 is 24.0 Å². The maximum atomic E-state index is 4.85. The molecule has 1 unspecified atom stereocenters. The maximum Gasteiger partial charge on any atom is 0.191 e. The van der Waals surface area contributed by atoms with Gasteiger partial charge in [-0.3, -0.25) is 9.89 Å². The second-order valence-corrected chi connectivity index (χ2v) is 8.35. The number of aliphatic imine (C=N–C) groups is 1. The number of piperidine rings is 1. The molecule has 5 nitrogen and oxygen atoms in total. The first kappa shape index (κ1) is 26.2. The molecule has 1 atom stereocenters. The van der Waals surface area contributed by atoms with Crippen LogP contribution in [-0.2, 0) is 6.54 Å². The Bertz CT molecular complexity index is 570. The van der Waals surface area contributed by atoms with Gasteiger partial charge in [0.05, 0.1) is 0 Å². The maximum absolute atomic E-state index is 4.85. The summed E-state index contributed by atoms with van der Waals surface area (Å²) in [5.74, 6) is 0.975. The zero-order chi connectivity index (χ0) is 20.4. The lowest BCUT2D eigenvalue weighted by Gasteiger charge is -2.35. The average Bonchev–Trinajstić information content (AvgIpc) is 2.69. The summed E-state index contributed by atoms with van der Waals surface area (Å²) in [5.41, 5.74) is 1.36. The molecule has 1 aromatic rings. The molecule has 0 amide bonds. The Morgan fingerprint density at radius 2 is 1.83 bits per heavy atom. The van der Waals surface area contributed by atoms with Crippen molar-refractivity contribution in [2.75, 3.05) is 33.2 Å². The molecular formula is C23H42IN5. The highest BCUT2D eigenvalue weighted by Crippen LogP contribution is 2.13. The molecular weight excluding hydrogens is 473 g/mol. The van der Waals surface area contributed by atoms with Crippen molar-refractivity contribution >= 4 is 29.9 Å². The summed E-state index contributed by atoms with van der Waals surface area (Å²) in [4.78, 5) is 9.82. The Hall–Kier alpha value is -0.860. The van der Waals surface area contributed by atoms with Crippen LogP contribution in [0.4, 0.5) is 0 Å². The number of nitrogens with one attached hydrogen (secondary N) is 2. The van der Waals surface area contributed by atoms with Crippen LogP contribution in [0, 0.1) is 0 Å². The Balaban J connectivity index is 0.00000420. The molecule has 0 aliphatic carbocycles. The largest absolute Gasteiger partial charge is 0.357 e. The minimum atomic E-state index is 0. The second kappa shape index (κ2) is 14.2. The van der Waals surface area contributed by atoms with Gasteiger partial charge >= 0.3 is 0 Å². The third-order valence-corrected chi connectivity index (χ3v) is 5.79. The van der Waals surface area contributed by atoms with E-state index in [2.05, 4.69) is 85.5 Å². The molecule has 166 valence electrons. The van der Waals surface area contributed by atoms with Gasteiger partial charge in [-0.2, -0.15) is 0 Å². The lowest BCUT2D eigenvalue weighted by atomic mass is 10.0. The summed E-state index contributed by atoms with van der Waals surface area (Å²) in [6.45, 7) is 14.1. The van der Waals surface area contributed by atoms with Gasteiger partial charge in [-0.15, -0.1) is 24.0 Å². The zero-order valence-electron chi connectivity index (χ0n) is 19.0. The summed E-state index contributed by atoms with van der Waals surface area (Å²) >= 11 is 0. The zero-order valence-corrected chi connectivity index (χ0v) is 21.4. The topological polar surface area (TPSA) is 42.9 Å². The number of halogens is 1. The molecule has 0 aromatic heterocycles. The molecule has 0 bridgehead atoms. The molecule has 29 heavy (non-hydrogen) atoms. The highest BCUT2D eigenvalue weighted by molar-refractivity contribution is 14.0. The van der Waals surface area contributed by atoms with Crippen molar-refractivity contribution in [1.82, 2.24) is 20.4 Å². The van der Waals surface area contributed by atoms with Gasteiger partial charge in [0, 0.05) is 50.8 Å².